The monoisotopic (exact) mass is 478 g/mol. The fourth-order valence-corrected chi connectivity index (χ4v) is 3.39. The van der Waals surface area contributed by atoms with Crippen LogP contribution in [0.4, 0.5) is 5.69 Å². The summed E-state index contributed by atoms with van der Waals surface area (Å²) in [6.45, 7) is 2.89. The van der Waals surface area contributed by atoms with Crippen molar-refractivity contribution < 1.29 is 32.6 Å². The number of carbonyl (C=O) groups is 2. The van der Waals surface area contributed by atoms with Gasteiger partial charge in [-0.25, -0.2) is 0 Å². The molecule has 1 aliphatic rings. The molecule has 0 saturated carbocycles. The van der Waals surface area contributed by atoms with Crippen LogP contribution in [-0.2, 0) is 19.7 Å². The molecule has 2 amide bonds. The Morgan fingerprint density at radius 2 is 1.97 bits per heavy atom. The van der Waals surface area contributed by atoms with Crippen LogP contribution in [0.15, 0.2) is 63.8 Å². The summed E-state index contributed by atoms with van der Waals surface area (Å²) < 4.78 is 28.7. The first-order valence-electron chi connectivity index (χ1n) is 10.9. The zero-order chi connectivity index (χ0) is 24.2. The van der Waals surface area contributed by atoms with Crippen molar-refractivity contribution in [2.24, 2.45) is 0 Å². The lowest BCUT2D eigenvalue weighted by molar-refractivity contribution is 0.0943. The van der Waals surface area contributed by atoms with Gasteiger partial charge in [0.1, 0.15) is 23.9 Å². The predicted octanol–water partition coefficient (Wildman–Crippen LogP) is 3.58. The van der Waals surface area contributed by atoms with Gasteiger partial charge in [-0.15, -0.1) is 0 Å². The SMILES string of the molecule is CCn1cc(NC(=O)c2ccc(COc3ccc4c(c3)OCO4)o2)c(C(=O)NCc2ccco2)n1. The summed E-state index contributed by atoms with van der Waals surface area (Å²) in [6.07, 6.45) is 3.11. The minimum atomic E-state index is -0.518. The fourth-order valence-electron chi connectivity index (χ4n) is 3.39. The van der Waals surface area contributed by atoms with E-state index < -0.39 is 11.8 Å². The zero-order valence-electron chi connectivity index (χ0n) is 18.8. The summed E-state index contributed by atoms with van der Waals surface area (Å²) in [7, 11) is 0. The molecule has 180 valence electrons. The molecule has 1 aromatic carbocycles. The summed E-state index contributed by atoms with van der Waals surface area (Å²) >= 11 is 0. The van der Waals surface area contributed by atoms with E-state index in [1.807, 2.05) is 6.92 Å². The molecule has 0 fully saturated rings. The Labute approximate surface area is 199 Å². The normalized spacial score (nSPS) is 11.9. The maximum Gasteiger partial charge on any atom is 0.291 e. The van der Waals surface area contributed by atoms with E-state index in [9.17, 15) is 9.59 Å². The number of ether oxygens (including phenoxy) is 3. The van der Waals surface area contributed by atoms with E-state index in [2.05, 4.69) is 15.7 Å². The molecule has 11 heteroatoms. The molecule has 0 spiro atoms. The molecule has 1 aliphatic heterocycles. The van der Waals surface area contributed by atoms with Gasteiger partial charge < -0.3 is 33.7 Å². The van der Waals surface area contributed by atoms with Crippen LogP contribution in [0, 0.1) is 0 Å². The number of amides is 2. The Kier molecular flexibility index (Phi) is 6.12. The number of carbonyl (C=O) groups excluding carboxylic acids is 2. The number of nitrogens with zero attached hydrogens (tertiary/aromatic N) is 2. The Morgan fingerprint density at radius 1 is 1.09 bits per heavy atom. The molecule has 0 radical (unpaired) electrons. The number of aromatic nitrogens is 2. The van der Waals surface area contributed by atoms with Crippen LogP contribution >= 0.6 is 0 Å². The lowest BCUT2D eigenvalue weighted by atomic mass is 10.3. The average Bonchev–Trinajstić information content (AvgIpc) is 3.67. The second-order valence-corrected chi connectivity index (χ2v) is 7.53. The summed E-state index contributed by atoms with van der Waals surface area (Å²) in [5.74, 6) is 2.01. The van der Waals surface area contributed by atoms with Crippen molar-refractivity contribution in [1.29, 1.82) is 0 Å². The van der Waals surface area contributed by atoms with E-state index in [1.165, 1.54) is 12.3 Å². The zero-order valence-corrected chi connectivity index (χ0v) is 18.8. The summed E-state index contributed by atoms with van der Waals surface area (Å²) in [6, 6.07) is 11.9. The van der Waals surface area contributed by atoms with Crippen LogP contribution in [0.5, 0.6) is 17.2 Å². The number of nitrogens with one attached hydrogen (secondary N) is 2. The van der Waals surface area contributed by atoms with Crippen molar-refractivity contribution in [3.8, 4) is 17.2 Å². The van der Waals surface area contributed by atoms with Gasteiger partial charge in [0.25, 0.3) is 11.8 Å². The predicted molar refractivity (Wildman–Crippen MR) is 121 cm³/mol. The number of fused-ring (bicyclic) bond motifs is 1. The highest BCUT2D eigenvalue weighted by Crippen LogP contribution is 2.35. The number of anilines is 1. The van der Waals surface area contributed by atoms with E-state index in [-0.39, 0.29) is 37.1 Å². The highest BCUT2D eigenvalue weighted by atomic mass is 16.7. The Hall–Kier alpha value is -4.67. The maximum atomic E-state index is 12.8. The fraction of sp³-hybridized carbons (Fsp3) is 0.208. The van der Waals surface area contributed by atoms with Gasteiger partial charge in [0.2, 0.25) is 6.79 Å². The van der Waals surface area contributed by atoms with Crippen molar-refractivity contribution >= 4 is 17.5 Å². The summed E-state index contributed by atoms with van der Waals surface area (Å²) in [5, 5.41) is 9.68. The molecular formula is C24H22N4O7. The Morgan fingerprint density at radius 3 is 2.80 bits per heavy atom. The smallest absolute Gasteiger partial charge is 0.291 e. The molecule has 35 heavy (non-hydrogen) atoms. The Balaban J connectivity index is 1.22. The molecule has 0 atom stereocenters. The van der Waals surface area contributed by atoms with Crippen LogP contribution in [0.25, 0.3) is 0 Å². The quantitative estimate of drug-likeness (QED) is 0.373. The van der Waals surface area contributed by atoms with Crippen LogP contribution in [0.3, 0.4) is 0 Å². The van der Waals surface area contributed by atoms with Crippen molar-refractivity contribution in [3.63, 3.8) is 0 Å². The van der Waals surface area contributed by atoms with E-state index in [4.69, 9.17) is 23.0 Å². The topological polar surface area (TPSA) is 130 Å². The van der Waals surface area contributed by atoms with Gasteiger partial charge in [-0.1, -0.05) is 0 Å². The number of hydrogen-bond donors (Lipinski definition) is 2. The van der Waals surface area contributed by atoms with Gasteiger partial charge in [-0.05, 0) is 43.3 Å². The first-order valence-corrected chi connectivity index (χ1v) is 10.9. The van der Waals surface area contributed by atoms with Crippen molar-refractivity contribution in [1.82, 2.24) is 15.1 Å². The van der Waals surface area contributed by atoms with Gasteiger partial charge >= 0.3 is 0 Å². The largest absolute Gasteiger partial charge is 0.486 e. The van der Waals surface area contributed by atoms with Gasteiger partial charge in [-0.3, -0.25) is 14.3 Å². The van der Waals surface area contributed by atoms with Crippen molar-refractivity contribution in [3.05, 3.63) is 77.9 Å². The molecule has 2 N–H and O–H groups in total. The third kappa shape index (κ3) is 4.98. The number of benzene rings is 1. The number of aryl methyl sites for hydroxylation is 1. The van der Waals surface area contributed by atoms with Gasteiger partial charge in [0.15, 0.2) is 23.0 Å². The van der Waals surface area contributed by atoms with Gasteiger partial charge in [0.05, 0.1) is 18.5 Å². The van der Waals surface area contributed by atoms with Crippen LogP contribution < -0.4 is 24.8 Å². The molecule has 0 unspecified atom stereocenters. The number of rotatable bonds is 9. The van der Waals surface area contributed by atoms with E-state index in [1.54, 1.807) is 47.3 Å². The van der Waals surface area contributed by atoms with Crippen molar-refractivity contribution in [2.75, 3.05) is 12.1 Å². The minimum Gasteiger partial charge on any atom is -0.486 e. The summed E-state index contributed by atoms with van der Waals surface area (Å²) in [5.41, 5.74) is 0.355. The van der Waals surface area contributed by atoms with Crippen LogP contribution in [0.2, 0.25) is 0 Å². The molecule has 3 aromatic heterocycles. The van der Waals surface area contributed by atoms with Gasteiger partial charge in [0, 0.05) is 18.8 Å². The van der Waals surface area contributed by atoms with Crippen LogP contribution in [-0.4, -0.2) is 28.4 Å². The highest BCUT2D eigenvalue weighted by Gasteiger charge is 2.21. The lowest BCUT2D eigenvalue weighted by Gasteiger charge is -2.06. The highest BCUT2D eigenvalue weighted by molar-refractivity contribution is 6.07. The second kappa shape index (κ2) is 9.67. The molecule has 11 nitrogen and oxygen atoms in total. The van der Waals surface area contributed by atoms with E-state index in [0.717, 1.165) is 0 Å². The molecule has 0 saturated heterocycles. The number of furan rings is 2. The average molecular weight is 478 g/mol. The molecule has 5 rings (SSSR count). The maximum absolute atomic E-state index is 12.8. The second-order valence-electron chi connectivity index (χ2n) is 7.53. The number of hydrogen-bond acceptors (Lipinski definition) is 8. The van der Waals surface area contributed by atoms with E-state index >= 15 is 0 Å². The molecule has 4 heterocycles. The Bertz CT molecular complexity index is 1340. The third-order valence-corrected chi connectivity index (χ3v) is 5.16. The first-order chi connectivity index (χ1) is 17.1. The standard InChI is InChI=1S/C24H22N4O7/c1-2-28-12-18(22(27-28)24(30)25-11-16-4-3-9-31-16)26-23(29)20-8-6-17(35-20)13-32-15-5-7-19-21(10-15)34-14-33-19/h3-10,12H,2,11,13-14H2,1H3,(H,25,30)(H,26,29). The first kappa shape index (κ1) is 22.1. The molecule has 4 aromatic rings. The van der Waals surface area contributed by atoms with E-state index in [0.29, 0.717) is 35.3 Å². The van der Waals surface area contributed by atoms with Crippen LogP contribution in [0.1, 0.15) is 39.5 Å². The lowest BCUT2D eigenvalue weighted by Crippen LogP contribution is -2.25. The van der Waals surface area contributed by atoms with Crippen molar-refractivity contribution in [2.45, 2.75) is 26.6 Å². The molecular weight excluding hydrogens is 456 g/mol. The minimum absolute atomic E-state index is 0.0699. The molecule has 0 bridgehead atoms. The summed E-state index contributed by atoms with van der Waals surface area (Å²) in [4.78, 5) is 25.5. The molecule has 0 aliphatic carbocycles. The third-order valence-electron chi connectivity index (χ3n) is 5.16. The van der Waals surface area contributed by atoms with Gasteiger partial charge in [-0.2, -0.15) is 5.10 Å².